The zero-order valence-electron chi connectivity index (χ0n) is 10.9. The second kappa shape index (κ2) is 7.50. The van der Waals surface area contributed by atoms with Gasteiger partial charge >= 0.3 is 0 Å². The zero-order chi connectivity index (χ0) is 13.5. The van der Waals surface area contributed by atoms with Gasteiger partial charge in [0.05, 0.1) is 6.61 Å². The normalized spacial score (nSPS) is 10.4. The summed E-state index contributed by atoms with van der Waals surface area (Å²) in [6, 6.07) is 16.7. The van der Waals surface area contributed by atoms with Crippen LogP contribution in [0.1, 0.15) is 6.92 Å². The Labute approximate surface area is 127 Å². The van der Waals surface area contributed by atoms with Crippen LogP contribution < -0.4 is 4.74 Å². The molecule has 2 nitrogen and oxygen atoms in total. The lowest BCUT2D eigenvalue weighted by Crippen LogP contribution is -2.06. The Morgan fingerprint density at radius 3 is 2.00 bits per heavy atom. The minimum atomic E-state index is 0.594. The summed E-state index contributed by atoms with van der Waals surface area (Å²) >= 11 is 2.31. The quantitative estimate of drug-likeness (QED) is 0.557. The molecule has 2 aromatic rings. The summed E-state index contributed by atoms with van der Waals surface area (Å²) in [4.78, 5) is 0. The Hall–Kier alpha value is -1.07. The van der Waals surface area contributed by atoms with Crippen LogP contribution in [0.4, 0.5) is 0 Å². The Morgan fingerprint density at radius 2 is 1.42 bits per heavy atom. The monoisotopic (exact) mass is 368 g/mol. The second-order valence-electron chi connectivity index (χ2n) is 4.08. The van der Waals surface area contributed by atoms with Gasteiger partial charge in [0.25, 0.3) is 0 Å². The van der Waals surface area contributed by atoms with Crippen LogP contribution in [0.15, 0.2) is 48.5 Å². The fourth-order valence-electron chi connectivity index (χ4n) is 1.75. The molecular formula is C16H17IO2. The number of rotatable bonds is 6. The van der Waals surface area contributed by atoms with Crippen molar-refractivity contribution in [3.05, 3.63) is 52.1 Å². The van der Waals surface area contributed by atoms with Crippen molar-refractivity contribution in [2.75, 3.05) is 19.8 Å². The van der Waals surface area contributed by atoms with Gasteiger partial charge in [-0.25, -0.2) is 0 Å². The molecule has 0 saturated carbocycles. The minimum Gasteiger partial charge on any atom is -0.491 e. The van der Waals surface area contributed by atoms with E-state index in [1.165, 1.54) is 14.7 Å². The van der Waals surface area contributed by atoms with Gasteiger partial charge in [-0.2, -0.15) is 0 Å². The van der Waals surface area contributed by atoms with E-state index in [1.54, 1.807) is 0 Å². The number of hydrogen-bond acceptors (Lipinski definition) is 2. The van der Waals surface area contributed by atoms with Crippen LogP contribution in [-0.2, 0) is 4.74 Å². The average molecular weight is 368 g/mol. The van der Waals surface area contributed by atoms with Crippen molar-refractivity contribution in [3.63, 3.8) is 0 Å². The number of hydrogen-bond donors (Lipinski definition) is 0. The van der Waals surface area contributed by atoms with Gasteiger partial charge in [-0.1, -0.05) is 24.3 Å². The molecular weight excluding hydrogens is 351 g/mol. The lowest BCUT2D eigenvalue weighted by Gasteiger charge is -2.07. The molecule has 19 heavy (non-hydrogen) atoms. The van der Waals surface area contributed by atoms with Crippen molar-refractivity contribution in [1.82, 2.24) is 0 Å². The molecule has 0 saturated heterocycles. The van der Waals surface area contributed by atoms with Gasteiger partial charge < -0.3 is 9.47 Å². The smallest absolute Gasteiger partial charge is 0.119 e. The predicted molar refractivity (Wildman–Crippen MR) is 86.6 cm³/mol. The lowest BCUT2D eigenvalue weighted by atomic mass is 10.1. The second-order valence-corrected chi connectivity index (χ2v) is 5.32. The molecule has 0 heterocycles. The van der Waals surface area contributed by atoms with Gasteiger partial charge in [-0.3, -0.25) is 0 Å². The Morgan fingerprint density at radius 1 is 0.842 bits per heavy atom. The third-order valence-electron chi connectivity index (χ3n) is 2.73. The highest BCUT2D eigenvalue weighted by molar-refractivity contribution is 14.1. The highest BCUT2D eigenvalue weighted by Crippen LogP contribution is 2.23. The molecule has 0 amide bonds. The maximum Gasteiger partial charge on any atom is 0.119 e. The largest absolute Gasteiger partial charge is 0.491 e. The molecule has 0 unspecified atom stereocenters. The van der Waals surface area contributed by atoms with Gasteiger partial charge in [0.1, 0.15) is 12.4 Å². The first-order chi connectivity index (χ1) is 9.29. The van der Waals surface area contributed by atoms with Crippen LogP contribution in [0.2, 0.25) is 0 Å². The molecule has 0 aliphatic heterocycles. The summed E-state index contributed by atoms with van der Waals surface area (Å²) in [6.07, 6.45) is 0. The minimum absolute atomic E-state index is 0.594. The van der Waals surface area contributed by atoms with Gasteiger partial charge in [-0.15, -0.1) is 0 Å². The molecule has 0 aliphatic carbocycles. The van der Waals surface area contributed by atoms with Crippen molar-refractivity contribution in [2.45, 2.75) is 6.92 Å². The topological polar surface area (TPSA) is 18.5 Å². The van der Waals surface area contributed by atoms with E-state index in [0.29, 0.717) is 13.2 Å². The van der Waals surface area contributed by atoms with Crippen LogP contribution in [-0.4, -0.2) is 19.8 Å². The SMILES string of the molecule is CCOCCOc1ccc(-c2ccc(I)cc2)cc1. The molecule has 0 bridgehead atoms. The van der Waals surface area contributed by atoms with Crippen LogP contribution in [0.5, 0.6) is 5.75 Å². The van der Waals surface area contributed by atoms with E-state index in [4.69, 9.17) is 9.47 Å². The van der Waals surface area contributed by atoms with Crippen LogP contribution in [0, 0.1) is 3.57 Å². The summed E-state index contributed by atoms with van der Waals surface area (Å²) < 4.78 is 12.1. The third kappa shape index (κ3) is 4.51. The maximum absolute atomic E-state index is 5.59. The fraction of sp³-hybridized carbons (Fsp3) is 0.250. The molecule has 0 N–H and O–H groups in total. The lowest BCUT2D eigenvalue weighted by molar-refractivity contribution is 0.110. The molecule has 0 spiro atoms. The maximum atomic E-state index is 5.59. The third-order valence-corrected chi connectivity index (χ3v) is 3.45. The fourth-order valence-corrected chi connectivity index (χ4v) is 2.11. The summed E-state index contributed by atoms with van der Waals surface area (Å²) in [6.45, 7) is 3.94. The molecule has 0 fully saturated rings. The van der Waals surface area contributed by atoms with E-state index in [1.807, 2.05) is 19.1 Å². The van der Waals surface area contributed by atoms with Crippen molar-refractivity contribution < 1.29 is 9.47 Å². The summed E-state index contributed by atoms with van der Waals surface area (Å²) in [5.74, 6) is 0.883. The molecule has 0 radical (unpaired) electrons. The van der Waals surface area contributed by atoms with Gasteiger partial charge in [-0.05, 0) is 64.9 Å². The van der Waals surface area contributed by atoms with Crippen LogP contribution in [0.3, 0.4) is 0 Å². The molecule has 2 rings (SSSR count). The zero-order valence-corrected chi connectivity index (χ0v) is 13.1. The first-order valence-corrected chi connectivity index (χ1v) is 7.44. The van der Waals surface area contributed by atoms with Crippen molar-refractivity contribution >= 4 is 22.6 Å². The molecule has 3 heteroatoms. The molecule has 100 valence electrons. The Bertz CT molecular complexity index is 491. The number of halogens is 1. The van der Waals surface area contributed by atoms with Gasteiger partial charge in [0.15, 0.2) is 0 Å². The molecule has 0 aromatic heterocycles. The van der Waals surface area contributed by atoms with E-state index in [0.717, 1.165) is 12.4 Å². The summed E-state index contributed by atoms with van der Waals surface area (Å²) in [5.41, 5.74) is 2.43. The van der Waals surface area contributed by atoms with Crippen molar-refractivity contribution in [1.29, 1.82) is 0 Å². The highest BCUT2D eigenvalue weighted by Gasteiger charge is 1.99. The highest BCUT2D eigenvalue weighted by atomic mass is 127. The molecule has 0 aliphatic rings. The molecule has 0 atom stereocenters. The van der Waals surface area contributed by atoms with Gasteiger partial charge in [0, 0.05) is 10.2 Å². The Balaban J connectivity index is 1.96. The number of benzene rings is 2. The first-order valence-electron chi connectivity index (χ1n) is 6.36. The standard InChI is InChI=1S/C16H17IO2/c1-2-18-11-12-19-16-9-5-14(6-10-16)13-3-7-15(17)8-4-13/h3-10H,2,11-12H2,1H3. The van der Waals surface area contributed by atoms with E-state index in [-0.39, 0.29) is 0 Å². The van der Waals surface area contributed by atoms with E-state index in [9.17, 15) is 0 Å². The molecule has 2 aromatic carbocycles. The van der Waals surface area contributed by atoms with E-state index < -0.39 is 0 Å². The Kier molecular flexibility index (Phi) is 5.66. The summed E-state index contributed by atoms with van der Waals surface area (Å²) in [5, 5.41) is 0. The summed E-state index contributed by atoms with van der Waals surface area (Å²) in [7, 11) is 0. The van der Waals surface area contributed by atoms with Crippen molar-refractivity contribution in [3.8, 4) is 16.9 Å². The number of ether oxygens (including phenoxy) is 2. The van der Waals surface area contributed by atoms with Gasteiger partial charge in [0.2, 0.25) is 0 Å². The van der Waals surface area contributed by atoms with Crippen LogP contribution >= 0.6 is 22.6 Å². The van der Waals surface area contributed by atoms with E-state index >= 15 is 0 Å². The first kappa shape index (κ1) is 14.3. The average Bonchev–Trinajstić information content (AvgIpc) is 2.45. The van der Waals surface area contributed by atoms with Crippen LogP contribution in [0.25, 0.3) is 11.1 Å². The predicted octanol–water partition coefficient (Wildman–Crippen LogP) is 4.37. The van der Waals surface area contributed by atoms with Crippen molar-refractivity contribution in [2.24, 2.45) is 0 Å². The van der Waals surface area contributed by atoms with E-state index in [2.05, 4.69) is 59.0 Å².